The summed E-state index contributed by atoms with van der Waals surface area (Å²) in [6.45, 7) is 12.8. The molecule has 1 aromatic heterocycles. The Hall–Kier alpha value is -2.54. The first kappa shape index (κ1) is 20.2. The fraction of sp³-hybridized carbons (Fsp3) is 0.333. The van der Waals surface area contributed by atoms with E-state index >= 15 is 0 Å². The number of allylic oxidation sites excluding steroid dienone is 1. The Morgan fingerprint density at radius 3 is 2.25 bits per heavy atom. The minimum atomic E-state index is 0.970. The van der Waals surface area contributed by atoms with Crippen LogP contribution >= 0.6 is 0 Å². The Labute approximate surface area is 169 Å². The van der Waals surface area contributed by atoms with Gasteiger partial charge in [-0.25, -0.2) is 0 Å². The number of rotatable bonds is 0. The largest absolute Gasteiger partial charge is 0.456 e. The van der Waals surface area contributed by atoms with E-state index in [1.54, 1.807) is 0 Å². The van der Waals surface area contributed by atoms with Gasteiger partial charge in [-0.05, 0) is 77.9 Å². The van der Waals surface area contributed by atoms with Gasteiger partial charge in [-0.15, -0.1) is 0 Å². The number of para-hydroxylation sites is 1. The molecule has 0 radical (unpaired) electrons. The summed E-state index contributed by atoms with van der Waals surface area (Å²) in [5, 5.41) is 5.11. The third kappa shape index (κ3) is 3.35. The van der Waals surface area contributed by atoms with Crippen LogP contribution < -0.4 is 0 Å². The van der Waals surface area contributed by atoms with Crippen molar-refractivity contribution in [2.75, 3.05) is 0 Å². The molecule has 0 unspecified atom stereocenters. The average molecular weight is 373 g/mol. The van der Waals surface area contributed by atoms with Gasteiger partial charge in [-0.1, -0.05) is 64.5 Å². The Balaban J connectivity index is 0.000000414. The molecule has 0 spiro atoms. The van der Waals surface area contributed by atoms with Gasteiger partial charge in [0.1, 0.15) is 11.2 Å². The highest BCUT2D eigenvalue weighted by Crippen LogP contribution is 2.38. The van der Waals surface area contributed by atoms with Crippen molar-refractivity contribution in [2.45, 2.75) is 60.8 Å². The minimum absolute atomic E-state index is 0.970. The second-order valence-electron chi connectivity index (χ2n) is 7.28. The maximum absolute atomic E-state index is 6.09. The molecule has 0 aliphatic heterocycles. The summed E-state index contributed by atoms with van der Waals surface area (Å²) < 4.78 is 6.09. The van der Waals surface area contributed by atoms with Gasteiger partial charge < -0.3 is 4.42 Å². The number of fused-ring (bicyclic) bond motifs is 5. The zero-order chi connectivity index (χ0) is 20.3. The lowest BCUT2D eigenvalue weighted by atomic mass is 9.85. The van der Waals surface area contributed by atoms with Gasteiger partial charge in [-0.3, -0.25) is 0 Å². The molecular formula is C27H32O. The highest BCUT2D eigenvalue weighted by atomic mass is 16.3. The zero-order valence-corrected chi connectivity index (χ0v) is 18.1. The van der Waals surface area contributed by atoms with Crippen LogP contribution in [0, 0.1) is 13.8 Å². The van der Waals surface area contributed by atoms with Crippen LogP contribution in [-0.4, -0.2) is 0 Å². The van der Waals surface area contributed by atoms with Gasteiger partial charge in [-0.2, -0.15) is 0 Å². The number of hydrogen-bond acceptors (Lipinski definition) is 1. The van der Waals surface area contributed by atoms with Crippen molar-refractivity contribution < 1.29 is 4.42 Å². The highest BCUT2D eigenvalue weighted by molar-refractivity contribution is 6.11. The fourth-order valence-electron chi connectivity index (χ4n) is 4.10. The average Bonchev–Trinajstić information content (AvgIpc) is 3.11. The van der Waals surface area contributed by atoms with Crippen LogP contribution in [0.1, 0.15) is 62.8 Å². The number of aryl methyl sites for hydroxylation is 2. The van der Waals surface area contributed by atoms with Crippen LogP contribution in [0.15, 0.2) is 46.9 Å². The van der Waals surface area contributed by atoms with Gasteiger partial charge in [0.25, 0.3) is 0 Å². The quantitative estimate of drug-likeness (QED) is 0.301. The molecule has 4 aromatic rings. The summed E-state index contributed by atoms with van der Waals surface area (Å²) >= 11 is 0. The molecule has 0 fully saturated rings. The van der Waals surface area contributed by atoms with E-state index in [2.05, 4.69) is 64.1 Å². The first-order chi connectivity index (χ1) is 13.7. The molecule has 5 rings (SSSR count). The number of hydrogen-bond donors (Lipinski definition) is 0. The number of furan rings is 1. The van der Waals surface area contributed by atoms with Crippen molar-refractivity contribution in [1.82, 2.24) is 0 Å². The minimum Gasteiger partial charge on any atom is -0.456 e. The van der Waals surface area contributed by atoms with Gasteiger partial charge in [0.15, 0.2) is 0 Å². The second-order valence-corrected chi connectivity index (χ2v) is 7.28. The summed E-state index contributed by atoms with van der Waals surface area (Å²) in [6, 6.07) is 12.9. The molecule has 1 heteroatoms. The van der Waals surface area contributed by atoms with Crippen LogP contribution in [0.2, 0.25) is 0 Å². The standard InChI is InChI=1S/C22H18O.C3H8.C2H6/c1-13-15-7-3-4-8-16(15)14(2)19-12-22-20(11-18(13)19)17-9-5-6-10-21(17)23-22;1-3-2;1-2/h3,5-7,9-12H,4,8H2,1-2H3;3H2,1-2H3;1-2H3. The predicted molar refractivity (Wildman–Crippen MR) is 125 cm³/mol. The lowest BCUT2D eigenvalue weighted by Crippen LogP contribution is -2.01. The molecule has 0 atom stereocenters. The van der Waals surface area contributed by atoms with E-state index in [9.17, 15) is 0 Å². The summed E-state index contributed by atoms with van der Waals surface area (Å²) in [5.41, 5.74) is 7.70. The first-order valence-corrected chi connectivity index (χ1v) is 10.7. The summed E-state index contributed by atoms with van der Waals surface area (Å²) in [6.07, 6.45) is 8.14. The van der Waals surface area contributed by atoms with E-state index in [-0.39, 0.29) is 0 Å². The molecule has 3 aromatic carbocycles. The Morgan fingerprint density at radius 2 is 1.50 bits per heavy atom. The lowest BCUT2D eigenvalue weighted by molar-refractivity contribution is 0.669. The van der Waals surface area contributed by atoms with Crippen molar-refractivity contribution in [2.24, 2.45) is 0 Å². The van der Waals surface area contributed by atoms with Gasteiger partial charge >= 0.3 is 0 Å². The molecule has 0 saturated carbocycles. The molecule has 0 saturated heterocycles. The maximum Gasteiger partial charge on any atom is 0.136 e. The third-order valence-corrected chi connectivity index (χ3v) is 5.35. The first-order valence-electron chi connectivity index (χ1n) is 10.7. The molecule has 1 aliphatic rings. The smallest absolute Gasteiger partial charge is 0.136 e. The van der Waals surface area contributed by atoms with Crippen molar-refractivity contribution >= 4 is 38.8 Å². The Bertz CT molecular complexity index is 1140. The molecule has 0 N–H and O–H groups in total. The van der Waals surface area contributed by atoms with E-state index in [1.807, 2.05) is 26.0 Å². The van der Waals surface area contributed by atoms with Crippen LogP contribution in [0.5, 0.6) is 0 Å². The normalized spacial score (nSPS) is 12.4. The van der Waals surface area contributed by atoms with E-state index in [1.165, 1.54) is 50.2 Å². The van der Waals surface area contributed by atoms with Crippen LogP contribution in [0.3, 0.4) is 0 Å². The van der Waals surface area contributed by atoms with E-state index in [0.717, 1.165) is 24.0 Å². The molecule has 1 heterocycles. The second kappa shape index (κ2) is 8.65. The van der Waals surface area contributed by atoms with E-state index in [4.69, 9.17) is 4.42 Å². The van der Waals surface area contributed by atoms with E-state index < -0.39 is 0 Å². The maximum atomic E-state index is 6.09. The lowest BCUT2D eigenvalue weighted by Gasteiger charge is -2.19. The molecule has 0 bridgehead atoms. The van der Waals surface area contributed by atoms with Crippen LogP contribution in [0.25, 0.3) is 38.8 Å². The Morgan fingerprint density at radius 1 is 0.821 bits per heavy atom. The zero-order valence-electron chi connectivity index (χ0n) is 18.1. The molecule has 1 nitrogen and oxygen atoms in total. The molecule has 146 valence electrons. The summed E-state index contributed by atoms with van der Waals surface area (Å²) in [5.74, 6) is 0. The van der Waals surface area contributed by atoms with Crippen LogP contribution in [0.4, 0.5) is 0 Å². The Kier molecular flexibility index (Phi) is 6.24. The van der Waals surface area contributed by atoms with Crippen molar-refractivity contribution in [3.8, 4) is 0 Å². The molecule has 1 aliphatic carbocycles. The van der Waals surface area contributed by atoms with Crippen molar-refractivity contribution in [3.05, 3.63) is 64.7 Å². The van der Waals surface area contributed by atoms with Crippen molar-refractivity contribution in [1.29, 1.82) is 0 Å². The molecular weight excluding hydrogens is 340 g/mol. The SMILES string of the molecule is CC.CCC.Cc1c2c(c(C)c3cc4oc5ccccc5c4cc13)CCC=C2. The third-order valence-electron chi connectivity index (χ3n) is 5.35. The summed E-state index contributed by atoms with van der Waals surface area (Å²) in [7, 11) is 0. The van der Waals surface area contributed by atoms with Crippen LogP contribution in [-0.2, 0) is 6.42 Å². The van der Waals surface area contributed by atoms with E-state index in [0.29, 0.717) is 0 Å². The van der Waals surface area contributed by atoms with Gasteiger partial charge in [0.05, 0.1) is 0 Å². The topological polar surface area (TPSA) is 13.1 Å². The highest BCUT2D eigenvalue weighted by Gasteiger charge is 2.17. The molecule has 0 amide bonds. The van der Waals surface area contributed by atoms with Crippen molar-refractivity contribution in [3.63, 3.8) is 0 Å². The van der Waals surface area contributed by atoms with Gasteiger partial charge in [0.2, 0.25) is 0 Å². The fourth-order valence-corrected chi connectivity index (χ4v) is 4.10. The van der Waals surface area contributed by atoms with Gasteiger partial charge in [0, 0.05) is 10.8 Å². The number of benzene rings is 3. The summed E-state index contributed by atoms with van der Waals surface area (Å²) in [4.78, 5) is 0. The molecule has 28 heavy (non-hydrogen) atoms. The monoisotopic (exact) mass is 372 g/mol. The predicted octanol–water partition coefficient (Wildman–Crippen LogP) is 8.76.